The number of alkyl halides is 2. The van der Waals surface area contributed by atoms with Gasteiger partial charge in [-0.3, -0.25) is 4.79 Å². The summed E-state index contributed by atoms with van der Waals surface area (Å²) in [5.74, 6) is -0.622. The van der Waals surface area contributed by atoms with Gasteiger partial charge in [-0.15, -0.1) is 0 Å². The van der Waals surface area contributed by atoms with E-state index in [-0.39, 0.29) is 31.5 Å². The van der Waals surface area contributed by atoms with Gasteiger partial charge in [-0.25, -0.2) is 13.6 Å². The molecule has 0 aromatic rings. The van der Waals surface area contributed by atoms with E-state index >= 15 is 0 Å². The molecule has 1 aliphatic rings. The lowest BCUT2D eigenvalue weighted by atomic mass is 9.93. The van der Waals surface area contributed by atoms with Gasteiger partial charge in [0, 0.05) is 26.1 Å². The van der Waals surface area contributed by atoms with Crippen LogP contribution in [0.15, 0.2) is 0 Å². The Morgan fingerprint density at radius 1 is 1.43 bits per heavy atom. The van der Waals surface area contributed by atoms with Crippen LogP contribution in [0.25, 0.3) is 0 Å². The number of aliphatic carboxylic acids is 1. The number of carboxylic acid groups (broad SMARTS) is 1. The molecular weight excluding hydrogens is 286 g/mol. The van der Waals surface area contributed by atoms with E-state index in [1.165, 1.54) is 0 Å². The van der Waals surface area contributed by atoms with E-state index in [1.807, 2.05) is 0 Å². The summed E-state index contributed by atoms with van der Waals surface area (Å²) in [7, 11) is 0. The molecule has 0 aromatic heterocycles. The number of piperidine rings is 1. The number of urea groups is 1. The second kappa shape index (κ2) is 9.49. The molecular formula is C13H22F2N2O4. The highest BCUT2D eigenvalue weighted by molar-refractivity contribution is 5.74. The van der Waals surface area contributed by atoms with Gasteiger partial charge in [-0.1, -0.05) is 0 Å². The summed E-state index contributed by atoms with van der Waals surface area (Å²) in [5, 5.41) is 11.3. The lowest BCUT2D eigenvalue weighted by Gasteiger charge is -2.32. The molecule has 1 fully saturated rings. The second-order valence-corrected chi connectivity index (χ2v) is 5.08. The van der Waals surface area contributed by atoms with Crippen LogP contribution in [0.2, 0.25) is 0 Å². The van der Waals surface area contributed by atoms with Crippen LogP contribution in [0.1, 0.15) is 25.7 Å². The third-order valence-electron chi connectivity index (χ3n) is 3.34. The Balaban J connectivity index is 2.19. The summed E-state index contributed by atoms with van der Waals surface area (Å²) in [5.41, 5.74) is 0. The van der Waals surface area contributed by atoms with Crippen LogP contribution < -0.4 is 5.32 Å². The summed E-state index contributed by atoms with van der Waals surface area (Å²) < 4.78 is 28.3. The molecule has 1 aliphatic heterocycles. The fraction of sp³-hybridized carbons (Fsp3) is 0.846. The van der Waals surface area contributed by atoms with E-state index in [9.17, 15) is 18.4 Å². The van der Waals surface area contributed by atoms with Crippen molar-refractivity contribution in [3.05, 3.63) is 0 Å². The lowest BCUT2D eigenvalue weighted by molar-refractivity contribution is -0.137. The molecule has 122 valence electrons. The van der Waals surface area contributed by atoms with Crippen molar-refractivity contribution in [3.63, 3.8) is 0 Å². The Labute approximate surface area is 122 Å². The Hall–Kier alpha value is -1.44. The topological polar surface area (TPSA) is 78.9 Å². The number of ether oxygens (including phenoxy) is 1. The number of hydrogen-bond acceptors (Lipinski definition) is 3. The number of hydrogen-bond donors (Lipinski definition) is 2. The van der Waals surface area contributed by atoms with Crippen molar-refractivity contribution >= 4 is 12.0 Å². The van der Waals surface area contributed by atoms with E-state index < -0.39 is 19.0 Å². The van der Waals surface area contributed by atoms with Gasteiger partial charge in [-0.2, -0.15) is 0 Å². The number of rotatable bonds is 8. The standard InChI is InChI=1S/C13H22F2N2O4/c14-11(15)9-21-7-5-16-13(20)17-6-1-2-10(8-17)3-4-12(18)19/h10-11H,1-9H2,(H,16,20)(H,18,19). The minimum atomic E-state index is -2.50. The first-order valence-corrected chi connectivity index (χ1v) is 7.09. The molecule has 0 aliphatic carbocycles. The lowest BCUT2D eigenvalue weighted by Crippen LogP contribution is -2.46. The maximum absolute atomic E-state index is 11.9. The van der Waals surface area contributed by atoms with Crippen molar-refractivity contribution in [2.75, 3.05) is 32.8 Å². The number of nitrogens with zero attached hydrogens (tertiary/aromatic N) is 1. The van der Waals surface area contributed by atoms with Crippen molar-refractivity contribution < 1.29 is 28.2 Å². The monoisotopic (exact) mass is 308 g/mol. The number of likely N-dealkylation sites (tertiary alicyclic amines) is 1. The van der Waals surface area contributed by atoms with Gasteiger partial charge in [0.1, 0.15) is 6.61 Å². The Bertz CT molecular complexity index is 342. The van der Waals surface area contributed by atoms with Gasteiger partial charge in [0.15, 0.2) is 0 Å². The van der Waals surface area contributed by atoms with E-state index in [1.54, 1.807) is 4.90 Å². The predicted octanol–water partition coefficient (Wildman–Crippen LogP) is 1.55. The van der Waals surface area contributed by atoms with Gasteiger partial charge in [0.25, 0.3) is 6.43 Å². The molecule has 21 heavy (non-hydrogen) atoms. The second-order valence-electron chi connectivity index (χ2n) is 5.08. The molecule has 1 heterocycles. The van der Waals surface area contributed by atoms with E-state index in [2.05, 4.69) is 10.1 Å². The van der Waals surface area contributed by atoms with Crippen LogP contribution >= 0.6 is 0 Å². The normalized spacial score (nSPS) is 18.8. The van der Waals surface area contributed by atoms with Crippen LogP contribution in [0, 0.1) is 5.92 Å². The van der Waals surface area contributed by atoms with E-state index in [4.69, 9.17) is 5.11 Å². The molecule has 0 bridgehead atoms. The molecule has 1 atom stereocenters. The smallest absolute Gasteiger partial charge is 0.317 e. The van der Waals surface area contributed by atoms with Gasteiger partial charge >= 0.3 is 12.0 Å². The number of carboxylic acids is 1. The Kier molecular flexibility index (Phi) is 7.96. The summed E-state index contributed by atoms with van der Waals surface area (Å²) in [4.78, 5) is 24.1. The maximum Gasteiger partial charge on any atom is 0.317 e. The molecule has 0 aromatic carbocycles. The zero-order chi connectivity index (χ0) is 15.7. The Morgan fingerprint density at radius 2 is 2.19 bits per heavy atom. The SMILES string of the molecule is O=C(O)CCC1CCCN(C(=O)NCCOCC(F)F)C1. The van der Waals surface area contributed by atoms with E-state index in [0.29, 0.717) is 19.5 Å². The highest BCUT2D eigenvalue weighted by Crippen LogP contribution is 2.20. The zero-order valence-corrected chi connectivity index (χ0v) is 11.9. The third kappa shape index (κ3) is 7.79. The average molecular weight is 308 g/mol. The summed E-state index contributed by atoms with van der Waals surface area (Å²) >= 11 is 0. The number of amides is 2. The molecule has 0 saturated carbocycles. The van der Waals surface area contributed by atoms with Crippen molar-refractivity contribution in [2.24, 2.45) is 5.92 Å². The number of nitrogens with one attached hydrogen (secondary N) is 1. The van der Waals surface area contributed by atoms with Gasteiger partial charge in [0.2, 0.25) is 0 Å². The summed E-state index contributed by atoms with van der Waals surface area (Å²) in [6, 6.07) is -0.254. The minimum absolute atomic E-state index is 0.0480. The van der Waals surface area contributed by atoms with Crippen LogP contribution in [-0.2, 0) is 9.53 Å². The van der Waals surface area contributed by atoms with Crippen molar-refractivity contribution in [1.82, 2.24) is 10.2 Å². The first-order chi connectivity index (χ1) is 9.99. The Morgan fingerprint density at radius 3 is 2.86 bits per heavy atom. The number of halogens is 2. The van der Waals surface area contributed by atoms with Crippen LogP contribution in [0.3, 0.4) is 0 Å². The fourth-order valence-corrected chi connectivity index (χ4v) is 2.33. The van der Waals surface area contributed by atoms with Gasteiger partial charge in [-0.05, 0) is 25.2 Å². The van der Waals surface area contributed by atoms with Crippen LogP contribution in [0.5, 0.6) is 0 Å². The third-order valence-corrected chi connectivity index (χ3v) is 3.34. The minimum Gasteiger partial charge on any atom is -0.481 e. The highest BCUT2D eigenvalue weighted by Gasteiger charge is 2.23. The zero-order valence-electron chi connectivity index (χ0n) is 11.9. The molecule has 1 rings (SSSR count). The van der Waals surface area contributed by atoms with Crippen molar-refractivity contribution in [3.8, 4) is 0 Å². The van der Waals surface area contributed by atoms with Crippen molar-refractivity contribution in [2.45, 2.75) is 32.1 Å². The molecule has 2 N–H and O–H groups in total. The van der Waals surface area contributed by atoms with Crippen molar-refractivity contribution in [1.29, 1.82) is 0 Å². The van der Waals surface area contributed by atoms with Gasteiger partial charge in [0.05, 0.1) is 6.61 Å². The van der Waals surface area contributed by atoms with Gasteiger partial charge < -0.3 is 20.1 Å². The molecule has 1 unspecified atom stereocenters. The fourth-order valence-electron chi connectivity index (χ4n) is 2.33. The molecule has 1 saturated heterocycles. The number of carbonyl (C=O) groups is 2. The van der Waals surface area contributed by atoms with Crippen LogP contribution in [-0.4, -0.2) is 61.3 Å². The largest absolute Gasteiger partial charge is 0.481 e. The molecule has 6 nitrogen and oxygen atoms in total. The number of carbonyl (C=O) groups excluding carboxylic acids is 1. The quantitative estimate of drug-likeness (QED) is 0.667. The first-order valence-electron chi connectivity index (χ1n) is 7.09. The predicted molar refractivity (Wildman–Crippen MR) is 71.4 cm³/mol. The maximum atomic E-state index is 11.9. The van der Waals surface area contributed by atoms with Crippen LogP contribution in [0.4, 0.5) is 13.6 Å². The van der Waals surface area contributed by atoms with E-state index in [0.717, 1.165) is 12.8 Å². The molecule has 2 amide bonds. The molecule has 0 spiro atoms. The first kappa shape index (κ1) is 17.6. The molecule has 0 radical (unpaired) electrons. The average Bonchev–Trinajstić information content (AvgIpc) is 2.44. The highest BCUT2D eigenvalue weighted by atomic mass is 19.3. The molecule has 8 heteroatoms. The summed E-state index contributed by atoms with van der Waals surface area (Å²) in [6.07, 6.45) is -0.0513. The summed E-state index contributed by atoms with van der Waals surface area (Å²) in [6.45, 7) is 0.773.